The van der Waals surface area contributed by atoms with Gasteiger partial charge in [-0.15, -0.1) is 11.8 Å². The topological polar surface area (TPSA) is 52.6 Å². The quantitative estimate of drug-likeness (QED) is 0.530. The number of esters is 2. The van der Waals surface area contributed by atoms with Crippen molar-refractivity contribution in [3.8, 4) is 0 Å². The van der Waals surface area contributed by atoms with Crippen LogP contribution >= 0.6 is 11.8 Å². The lowest BCUT2D eigenvalue weighted by molar-refractivity contribution is -0.166. The van der Waals surface area contributed by atoms with Gasteiger partial charge in [0.15, 0.2) is 11.7 Å². The molecule has 0 radical (unpaired) electrons. The van der Waals surface area contributed by atoms with Gasteiger partial charge in [0.2, 0.25) is 0 Å². The van der Waals surface area contributed by atoms with E-state index in [2.05, 4.69) is 6.58 Å². The minimum Gasteiger partial charge on any atom is -0.454 e. The molecule has 4 nitrogen and oxygen atoms in total. The van der Waals surface area contributed by atoms with E-state index in [9.17, 15) is 9.59 Å². The van der Waals surface area contributed by atoms with Gasteiger partial charge in [0.25, 0.3) is 0 Å². The molecular weight excluding hydrogens is 228 g/mol. The Bertz CT molecular complexity index is 393. The van der Waals surface area contributed by atoms with Gasteiger partial charge < -0.3 is 9.47 Å². The molecule has 3 aliphatic heterocycles. The maximum Gasteiger partial charge on any atom is 0.330 e. The zero-order valence-electron chi connectivity index (χ0n) is 8.84. The highest BCUT2D eigenvalue weighted by atomic mass is 32.2. The Morgan fingerprint density at radius 2 is 2.50 bits per heavy atom. The van der Waals surface area contributed by atoms with Gasteiger partial charge >= 0.3 is 11.9 Å². The van der Waals surface area contributed by atoms with Crippen LogP contribution in [-0.4, -0.2) is 34.1 Å². The molecule has 16 heavy (non-hydrogen) atoms. The summed E-state index contributed by atoms with van der Waals surface area (Å²) in [6, 6.07) is 0. The van der Waals surface area contributed by atoms with Crippen LogP contribution in [0.3, 0.4) is 0 Å². The summed E-state index contributed by atoms with van der Waals surface area (Å²) < 4.78 is 10.7. The van der Waals surface area contributed by atoms with E-state index >= 15 is 0 Å². The minimum atomic E-state index is -0.631. The number of hydrogen-bond acceptors (Lipinski definition) is 5. The lowest BCUT2D eigenvalue weighted by atomic mass is 9.80. The van der Waals surface area contributed by atoms with Gasteiger partial charge in [0, 0.05) is 11.3 Å². The SMILES string of the molecule is C=CC(=O)OC1C2CC3C(=O)OC1(C)C3S2. The van der Waals surface area contributed by atoms with Crippen LogP contribution in [0.25, 0.3) is 0 Å². The Labute approximate surface area is 97.4 Å². The molecule has 5 unspecified atom stereocenters. The predicted molar refractivity (Wildman–Crippen MR) is 57.8 cm³/mol. The van der Waals surface area contributed by atoms with Gasteiger partial charge in [-0.25, -0.2) is 4.79 Å². The van der Waals surface area contributed by atoms with Gasteiger partial charge in [0.1, 0.15) is 0 Å². The molecule has 0 aromatic rings. The highest BCUT2D eigenvalue weighted by Crippen LogP contribution is 2.61. The van der Waals surface area contributed by atoms with Crippen LogP contribution in [-0.2, 0) is 19.1 Å². The average molecular weight is 240 g/mol. The second kappa shape index (κ2) is 3.03. The van der Waals surface area contributed by atoms with Crippen LogP contribution in [0, 0.1) is 5.92 Å². The Hall–Kier alpha value is -0.970. The first kappa shape index (κ1) is 10.2. The molecule has 5 atom stereocenters. The molecule has 0 N–H and O–H groups in total. The average Bonchev–Trinajstić information content (AvgIpc) is 2.81. The number of rotatable bonds is 2. The van der Waals surface area contributed by atoms with E-state index in [1.54, 1.807) is 11.8 Å². The molecule has 86 valence electrons. The van der Waals surface area contributed by atoms with Gasteiger partial charge in [0.05, 0.1) is 11.2 Å². The van der Waals surface area contributed by atoms with Gasteiger partial charge in [-0.3, -0.25) is 4.79 Å². The molecule has 2 bridgehead atoms. The number of carbonyl (C=O) groups is 2. The van der Waals surface area contributed by atoms with Gasteiger partial charge in [-0.1, -0.05) is 6.58 Å². The summed E-state index contributed by atoms with van der Waals surface area (Å²) >= 11 is 1.72. The second-order valence-corrected chi connectivity index (χ2v) is 5.99. The van der Waals surface area contributed by atoms with Gasteiger partial charge in [-0.05, 0) is 13.3 Å². The Kier molecular flexibility index (Phi) is 1.93. The fourth-order valence-electron chi connectivity index (χ4n) is 2.97. The lowest BCUT2D eigenvalue weighted by Crippen LogP contribution is -2.49. The Balaban J connectivity index is 1.90. The highest BCUT2D eigenvalue weighted by molar-refractivity contribution is 8.01. The van der Waals surface area contributed by atoms with Gasteiger partial charge in [-0.2, -0.15) is 0 Å². The van der Waals surface area contributed by atoms with Crippen molar-refractivity contribution in [1.29, 1.82) is 0 Å². The first-order valence-corrected chi connectivity index (χ1v) is 6.22. The molecule has 0 amide bonds. The molecule has 3 saturated heterocycles. The maximum absolute atomic E-state index is 11.6. The first-order chi connectivity index (χ1) is 7.56. The Morgan fingerprint density at radius 3 is 3.19 bits per heavy atom. The number of ether oxygens (including phenoxy) is 2. The third-order valence-corrected chi connectivity index (χ3v) is 5.55. The molecule has 0 saturated carbocycles. The molecule has 3 aliphatic rings. The highest BCUT2D eigenvalue weighted by Gasteiger charge is 2.71. The van der Waals surface area contributed by atoms with E-state index in [-0.39, 0.29) is 28.5 Å². The summed E-state index contributed by atoms with van der Waals surface area (Å²) in [5.74, 6) is -0.586. The van der Waals surface area contributed by atoms with Crippen molar-refractivity contribution in [2.75, 3.05) is 0 Å². The summed E-state index contributed by atoms with van der Waals surface area (Å²) in [4.78, 5) is 22.9. The maximum atomic E-state index is 11.6. The zero-order chi connectivity index (χ0) is 11.5. The standard InChI is InChI=1S/C11H12O4S/c1-3-7(12)14-8-6-4-5-9(16-6)11(8,2)15-10(5)13/h3,5-6,8-9H,1,4H2,2H3. The van der Waals surface area contributed by atoms with Crippen LogP contribution in [0.1, 0.15) is 13.3 Å². The van der Waals surface area contributed by atoms with Crippen LogP contribution < -0.4 is 0 Å². The third kappa shape index (κ3) is 1.07. The van der Waals surface area contributed by atoms with E-state index in [4.69, 9.17) is 9.47 Å². The monoisotopic (exact) mass is 240 g/mol. The molecule has 3 heterocycles. The van der Waals surface area contributed by atoms with Crippen molar-refractivity contribution in [3.63, 3.8) is 0 Å². The molecule has 5 heteroatoms. The van der Waals surface area contributed by atoms with Crippen LogP contribution in [0.15, 0.2) is 12.7 Å². The third-order valence-electron chi connectivity index (χ3n) is 3.67. The number of hydrogen-bond donors (Lipinski definition) is 0. The van der Waals surface area contributed by atoms with E-state index in [1.807, 2.05) is 6.92 Å². The smallest absolute Gasteiger partial charge is 0.330 e. The molecule has 0 aromatic heterocycles. The van der Waals surface area contributed by atoms with Crippen molar-refractivity contribution in [3.05, 3.63) is 12.7 Å². The van der Waals surface area contributed by atoms with Crippen molar-refractivity contribution < 1.29 is 19.1 Å². The van der Waals surface area contributed by atoms with Crippen molar-refractivity contribution in [2.24, 2.45) is 5.92 Å². The fraction of sp³-hybridized carbons (Fsp3) is 0.636. The van der Waals surface area contributed by atoms with Crippen molar-refractivity contribution in [1.82, 2.24) is 0 Å². The molecular formula is C11H12O4S. The van der Waals surface area contributed by atoms with E-state index in [0.29, 0.717) is 0 Å². The molecule has 3 fully saturated rings. The predicted octanol–water partition coefficient (Wildman–Crippen LogP) is 0.904. The lowest BCUT2D eigenvalue weighted by Gasteiger charge is -2.32. The molecule has 0 aromatic carbocycles. The summed E-state index contributed by atoms with van der Waals surface area (Å²) in [6.07, 6.45) is 1.59. The fourth-order valence-corrected chi connectivity index (χ4v) is 5.00. The molecule has 0 spiro atoms. The number of thioether (sulfide) groups is 1. The zero-order valence-corrected chi connectivity index (χ0v) is 9.66. The molecule has 0 aliphatic carbocycles. The first-order valence-electron chi connectivity index (χ1n) is 5.27. The summed E-state index contributed by atoms with van der Waals surface area (Å²) in [7, 11) is 0. The van der Waals surface area contributed by atoms with Crippen LogP contribution in [0.4, 0.5) is 0 Å². The number of fused-ring (bicyclic) bond motifs is 1. The van der Waals surface area contributed by atoms with E-state index in [0.717, 1.165) is 12.5 Å². The number of carbonyl (C=O) groups excluding carboxylic acids is 2. The van der Waals surface area contributed by atoms with E-state index < -0.39 is 11.6 Å². The summed E-state index contributed by atoms with van der Waals surface area (Å²) in [6.45, 7) is 5.24. The van der Waals surface area contributed by atoms with Crippen LogP contribution in [0.2, 0.25) is 0 Å². The second-order valence-electron chi connectivity index (χ2n) is 4.60. The summed E-state index contributed by atoms with van der Waals surface area (Å²) in [5.41, 5.74) is -0.631. The van der Waals surface area contributed by atoms with Crippen molar-refractivity contribution >= 4 is 23.7 Å². The molecule has 3 rings (SSSR count). The normalized spacial score (nSPS) is 47.9. The Morgan fingerprint density at radius 1 is 1.75 bits per heavy atom. The van der Waals surface area contributed by atoms with Crippen molar-refractivity contribution in [2.45, 2.75) is 35.5 Å². The van der Waals surface area contributed by atoms with Crippen LogP contribution in [0.5, 0.6) is 0 Å². The largest absolute Gasteiger partial charge is 0.454 e. The minimum absolute atomic E-state index is 0.00122. The summed E-state index contributed by atoms with van der Waals surface area (Å²) in [5, 5.41) is 0.336. The van der Waals surface area contributed by atoms with E-state index in [1.165, 1.54) is 0 Å².